The Bertz CT molecular complexity index is 1520. The van der Waals surface area contributed by atoms with E-state index >= 15 is 0 Å². The minimum absolute atomic E-state index is 0.0385. The molecule has 0 saturated heterocycles. The van der Waals surface area contributed by atoms with Crippen molar-refractivity contribution in [1.82, 2.24) is 29.9 Å². The summed E-state index contributed by atoms with van der Waals surface area (Å²) in [6.07, 6.45) is 0. The topological polar surface area (TPSA) is 77.3 Å². The third-order valence-corrected chi connectivity index (χ3v) is 5.98. The number of hydrogen-bond donors (Lipinski definition) is 0. The van der Waals surface area contributed by atoms with E-state index in [2.05, 4.69) is 42.0 Å². The Labute approximate surface area is 200 Å². The number of aromatic nitrogens is 6. The minimum atomic E-state index is 0.0385. The van der Waals surface area contributed by atoms with Crippen molar-refractivity contribution < 1.29 is 0 Å². The Hall–Kier alpha value is -2.90. The highest BCUT2D eigenvalue weighted by Gasteiger charge is 2.18. The van der Waals surface area contributed by atoms with Crippen molar-refractivity contribution >= 4 is 78.7 Å². The lowest BCUT2D eigenvalue weighted by molar-refractivity contribution is 1.06. The summed E-state index contributed by atoms with van der Waals surface area (Å²) >= 11 is 24.1. The monoisotopic (exact) mass is 496 g/mol. The maximum absolute atomic E-state index is 6.03. The quantitative estimate of drug-likeness (QED) is 0.242. The van der Waals surface area contributed by atoms with Gasteiger partial charge >= 0.3 is 0 Å². The maximum atomic E-state index is 6.03. The zero-order chi connectivity index (χ0) is 22.0. The molecule has 2 aromatic heterocycles. The molecule has 6 rings (SSSR count). The molecular weight excluding hydrogens is 490 g/mol. The average Bonchev–Trinajstić information content (AvgIpc) is 2.75. The Morgan fingerprint density at radius 3 is 1.12 bits per heavy atom. The van der Waals surface area contributed by atoms with Crippen LogP contribution in [0.4, 0.5) is 0 Å². The van der Waals surface area contributed by atoms with E-state index in [1.165, 1.54) is 0 Å². The molecule has 0 atom stereocenters. The van der Waals surface area contributed by atoms with Crippen molar-refractivity contribution in [2.45, 2.75) is 0 Å². The van der Waals surface area contributed by atoms with Crippen LogP contribution in [0.15, 0.2) is 48.5 Å². The first kappa shape index (κ1) is 19.8. The molecule has 2 heterocycles. The molecular formula is C22H8Cl4N6. The lowest BCUT2D eigenvalue weighted by Gasteiger charge is -2.15. The highest BCUT2D eigenvalue weighted by Crippen LogP contribution is 2.41. The first-order valence-electron chi connectivity index (χ1n) is 9.33. The molecule has 0 N–H and O–H groups in total. The van der Waals surface area contributed by atoms with E-state index in [4.69, 9.17) is 46.4 Å². The maximum Gasteiger partial charge on any atom is 0.227 e. The van der Waals surface area contributed by atoms with E-state index < -0.39 is 0 Å². The number of benzene rings is 4. The Balaban J connectivity index is 1.72. The third-order valence-electron chi connectivity index (χ3n) is 5.31. The smallest absolute Gasteiger partial charge is 0.198 e. The molecule has 0 unspecified atom stereocenters. The van der Waals surface area contributed by atoms with E-state index in [0.29, 0.717) is 11.6 Å². The van der Waals surface area contributed by atoms with Crippen LogP contribution in [0.5, 0.6) is 0 Å². The van der Waals surface area contributed by atoms with Gasteiger partial charge in [-0.3, -0.25) is 0 Å². The van der Waals surface area contributed by atoms with Gasteiger partial charge in [0.1, 0.15) is 0 Å². The van der Waals surface area contributed by atoms with Crippen LogP contribution < -0.4 is 0 Å². The summed E-state index contributed by atoms with van der Waals surface area (Å²) < 4.78 is 0. The third kappa shape index (κ3) is 3.11. The highest BCUT2D eigenvalue weighted by atomic mass is 35.5. The molecule has 0 radical (unpaired) electrons. The van der Waals surface area contributed by atoms with Crippen LogP contribution in [0.3, 0.4) is 0 Å². The summed E-state index contributed by atoms with van der Waals surface area (Å²) in [7, 11) is 0. The van der Waals surface area contributed by atoms with Crippen LogP contribution in [0.2, 0.25) is 21.1 Å². The van der Waals surface area contributed by atoms with Crippen molar-refractivity contribution in [1.29, 1.82) is 0 Å². The van der Waals surface area contributed by atoms with Crippen LogP contribution in [0.1, 0.15) is 0 Å². The second-order valence-corrected chi connectivity index (χ2v) is 8.40. The summed E-state index contributed by atoms with van der Waals surface area (Å²) in [6, 6.07) is 16.1. The summed E-state index contributed by atoms with van der Waals surface area (Å²) in [4.78, 5) is 24.8. The zero-order valence-corrected chi connectivity index (χ0v) is 18.8. The van der Waals surface area contributed by atoms with Gasteiger partial charge in [0.2, 0.25) is 21.1 Å². The molecule has 4 aromatic carbocycles. The largest absolute Gasteiger partial charge is 0.227 e. The molecule has 154 valence electrons. The van der Waals surface area contributed by atoms with Crippen LogP contribution in [-0.2, 0) is 0 Å². The van der Waals surface area contributed by atoms with Gasteiger partial charge in [0, 0.05) is 11.1 Å². The van der Waals surface area contributed by atoms with Gasteiger partial charge in [-0.15, -0.1) is 0 Å². The molecule has 0 spiro atoms. The number of rotatable bonds is 2. The SMILES string of the molecule is Clc1nc(Cl)nc(-c2ccc3ccc4c(-c5nc(Cl)nc(Cl)n5)ccc5ccc2c3c54)n1. The van der Waals surface area contributed by atoms with E-state index in [1.807, 2.05) is 36.4 Å². The number of halogens is 4. The van der Waals surface area contributed by atoms with Gasteiger partial charge in [0.25, 0.3) is 0 Å². The predicted molar refractivity (Wildman–Crippen MR) is 128 cm³/mol. The highest BCUT2D eigenvalue weighted by molar-refractivity contribution is 6.32. The van der Waals surface area contributed by atoms with Gasteiger partial charge in [0.15, 0.2) is 11.6 Å². The van der Waals surface area contributed by atoms with Crippen molar-refractivity contribution in [3.05, 3.63) is 69.7 Å². The fourth-order valence-electron chi connectivity index (χ4n) is 4.08. The summed E-state index contributed by atoms with van der Waals surface area (Å²) in [5, 5.41) is 6.32. The molecule has 0 aliphatic rings. The molecule has 6 nitrogen and oxygen atoms in total. The molecule has 0 fully saturated rings. The molecule has 0 saturated carbocycles. The Kier molecular flexibility index (Phi) is 4.52. The fraction of sp³-hybridized carbons (Fsp3) is 0. The number of nitrogens with zero attached hydrogens (tertiary/aromatic N) is 6. The average molecular weight is 498 g/mol. The van der Waals surface area contributed by atoms with Gasteiger partial charge in [-0.2, -0.15) is 29.9 Å². The van der Waals surface area contributed by atoms with E-state index in [-0.39, 0.29) is 21.1 Å². The van der Waals surface area contributed by atoms with Gasteiger partial charge < -0.3 is 0 Å². The Morgan fingerprint density at radius 1 is 0.406 bits per heavy atom. The summed E-state index contributed by atoms with van der Waals surface area (Å²) in [5.41, 5.74) is 1.60. The zero-order valence-electron chi connectivity index (χ0n) is 15.8. The number of hydrogen-bond acceptors (Lipinski definition) is 6. The standard InChI is InChI=1S/C22H8Cl4N6/c23-19-27-17(28-20(24)31-19)13-8-4-10-2-6-12-14(18-29-21(25)32-22(26)30-18)7-3-9-1-5-11(13)16(10)15(9)12/h1-8H. The molecule has 0 bridgehead atoms. The van der Waals surface area contributed by atoms with Crippen LogP contribution in [0, 0.1) is 0 Å². The van der Waals surface area contributed by atoms with Gasteiger partial charge in [-0.1, -0.05) is 36.4 Å². The normalized spacial score (nSPS) is 11.8. The van der Waals surface area contributed by atoms with Crippen molar-refractivity contribution in [2.75, 3.05) is 0 Å². The summed E-state index contributed by atoms with van der Waals surface area (Å²) in [5.74, 6) is 0.813. The van der Waals surface area contributed by atoms with Crippen LogP contribution >= 0.6 is 46.4 Å². The van der Waals surface area contributed by atoms with Crippen LogP contribution in [0.25, 0.3) is 55.1 Å². The van der Waals surface area contributed by atoms with Gasteiger partial charge in [-0.05, 0) is 90.9 Å². The fourth-order valence-corrected chi connectivity index (χ4v) is 4.81. The lowest BCUT2D eigenvalue weighted by Crippen LogP contribution is -1.97. The lowest BCUT2D eigenvalue weighted by atomic mass is 9.90. The first-order valence-corrected chi connectivity index (χ1v) is 10.8. The van der Waals surface area contributed by atoms with E-state index in [9.17, 15) is 0 Å². The molecule has 0 aliphatic heterocycles. The molecule has 6 aromatic rings. The second-order valence-electron chi connectivity index (χ2n) is 7.04. The van der Waals surface area contributed by atoms with Crippen LogP contribution in [-0.4, -0.2) is 29.9 Å². The minimum Gasteiger partial charge on any atom is -0.198 e. The molecule has 0 amide bonds. The predicted octanol–water partition coefficient (Wildman–Crippen LogP) is 6.90. The first-order chi connectivity index (χ1) is 15.5. The molecule has 32 heavy (non-hydrogen) atoms. The molecule has 10 heteroatoms. The van der Waals surface area contributed by atoms with Crippen molar-refractivity contribution in [2.24, 2.45) is 0 Å². The van der Waals surface area contributed by atoms with Crippen molar-refractivity contribution in [3.8, 4) is 22.8 Å². The van der Waals surface area contributed by atoms with Gasteiger partial charge in [-0.25, -0.2) is 0 Å². The Morgan fingerprint density at radius 2 is 0.750 bits per heavy atom. The molecule has 0 aliphatic carbocycles. The van der Waals surface area contributed by atoms with Crippen molar-refractivity contribution in [3.63, 3.8) is 0 Å². The summed E-state index contributed by atoms with van der Waals surface area (Å²) in [6.45, 7) is 0. The van der Waals surface area contributed by atoms with E-state index in [1.54, 1.807) is 0 Å². The van der Waals surface area contributed by atoms with Gasteiger partial charge in [0.05, 0.1) is 0 Å². The van der Waals surface area contributed by atoms with E-state index in [0.717, 1.165) is 43.4 Å². The second kappa shape index (κ2) is 7.32.